The van der Waals surface area contributed by atoms with E-state index in [1.807, 2.05) is 47.3 Å². The number of hydrogen-bond acceptors (Lipinski definition) is 3. The molecule has 0 fully saturated rings. The zero-order valence-corrected chi connectivity index (χ0v) is 13.3. The van der Waals surface area contributed by atoms with Crippen LogP contribution in [-0.2, 0) is 19.4 Å². The van der Waals surface area contributed by atoms with Crippen molar-refractivity contribution in [1.82, 2.24) is 25.3 Å². The van der Waals surface area contributed by atoms with Gasteiger partial charge in [0, 0.05) is 23.7 Å². The first-order valence-corrected chi connectivity index (χ1v) is 8.20. The van der Waals surface area contributed by atoms with E-state index in [0.29, 0.717) is 12.2 Å². The van der Waals surface area contributed by atoms with Gasteiger partial charge >= 0.3 is 0 Å². The second-order valence-electron chi connectivity index (χ2n) is 6.05. The first-order chi connectivity index (χ1) is 11.8. The molecule has 2 heterocycles. The number of aryl methyl sites for hydroxylation is 1. The number of nitrogens with one attached hydrogen (secondary N) is 2. The van der Waals surface area contributed by atoms with Crippen LogP contribution in [0.2, 0.25) is 0 Å². The molecule has 1 atom stereocenters. The minimum Gasteiger partial charge on any atom is -0.342 e. The number of benzene rings is 1. The molecular weight excluding hydrogens is 302 g/mol. The molecular formula is C18H19N5O. The molecule has 1 aliphatic carbocycles. The van der Waals surface area contributed by atoms with Crippen molar-refractivity contribution in [3.8, 4) is 0 Å². The molecule has 2 aromatic heterocycles. The second-order valence-corrected chi connectivity index (χ2v) is 6.05. The number of H-pyrrole nitrogens is 1. The maximum Gasteiger partial charge on any atom is 0.272 e. The maximum atomic E-state index is 12.8. The van der Waals surface area contributed by atoms with Gasteiger partial charge in [0.05, 0.1) is 12.6 Å². The molecule has 2 N–H and O–H groups in total. The van der Waals surface area contributed by atoms with E-state index in [9.17, 15) is 4.79 Å². The molecule has 1 aliphatic rings. The molecule has 3 aromatic rings. The van der Waals surface area contributed by atoms with Crippen LogP contribution in [0.15, 0.2) is 48.8 Å². The number of hydrogen-bond donors (Lipinski definition) is 2. The fourth-order valence-electron chi connectivity index (χ4n) is 3.25. The van der Waals surface area contributed by atoms with Crippen molar-refractivity contribution in [1.29, 1.82) is 0 Å². The van der Waals surface area contributed by atoms with Crippen molar-refractivity contribution in [2.24, 2.45) is 0 Å². The number of carbonyl (C=O) groups is 1. The molecule has 6 heteroatoms. The lowest BCUT2D eigenvalue weighted by Crippen LogP contribution is -2.32. The fourth-order valence-corrected chi connectivity index (χ4v) is 3.25. The van der Waals surface area contributed by atoms with Crippen LogP contribution in [0.1, 0.15) is 39.8 Å². The lowest BCUT2D eigenvalue weighted by molar-refractivity contribution is 0.0926. The van der Waals surface area contributed by atoms with Gasteiger partial charge in [-0.1, -0.05) is 30.3 Å². The Morgan fingerprint density at radius 1 is 1.25 bits per heavy atom. The first-order valence-electron chi connectivity index (χ1n) is 8.20. The van der Waals surface area contributed by atoms with Gasteiger partial charge in [-0.15, -0.1) is 0 Å². The normalized spacial score (nSPS) is 14.3. The summed E-state index contributed by atoms with van der Waals surface area (Å²) in [5.74, 6) is -0.129. The van der Waals surface area contributed by atoms with E-state index in [4.69, 9.17) is 0 Å². The average molecular weight is 321 g/mol. The predicted octanol–water partition coefficient (Wildman–Crippen LogP) is 2.27. The van der Waals surface area contributed by atoms with Crippen LogP contribution in [0.4, 0.5) is 0 Å². The molecule has 0 saturated carbocycles. The molecule has 6 nitrogen and oxygen atoms in total. The van der Waals surface area contributed by atoms with E-state index in [2.05, 4.69) is 20.6 Å². The third kappa shape index (κ3) is 2.82. The van der Waals surface area contributed by atoms with Crippen LogP contribution in [0.25, 0.3) is 0 Å². The lowest BCUT2D eigenvalue weighted by Gasteiger charge is -2.19. The summed E-state index contributed by atoms with van der Waals surface area (Å²) in [6.07, 6.45) is 6.62. The first kappa shape index (κ1) is 14.7. The zero-order valence-electron chi connectivity index (χ0n) is 13.3. The summed E-state index contributed by atoms with van der Waals surface area (Å²) in [6.45, 7) is 0.579. The van der Waals surface area contributed by atoms with Crippen molar-refractivity contribution in [3.05, 3.63) is 71.3 Å². The summed E-state index contributed by atoms with van der Waals surface area (Å²) in [4.78, 5) is 12.8. The van der Waals surface area contributed by atoms with Crippen LogP contribution >= 0.6 is 0 Å². The van der Waals surface area contributed by atoms with E-state index >= 15 is 0 Å². The van der Waals surface area contributed by atoms with Gasteiger partial charge in [-0.3, -0.25) is 14.6 Å². The summed E-state index contributed by atoms with van der Waals surface area (Å²) in [5, 5.41) is 14.6. The summed E-state index contributed by atoms with van der Waals surface area (Å²) in [5.41, 5.74) is 3.75. The van der Waals surface area contributed by atoms with E-state index in [0.717, 1.165) is 36.1 Å². The number of fused-ring (bicyclic) bond motifs is 1. The molecule has 1 aromatic carbocycles. The summed E-state index contributed by atoms with van der Waals surface area (Å²) in [6, 6.07) is 11.7. The van der Waals surface area contributed by atoms with Gasteiger partial charge in [0.2, 0.25) is 0 Å². The molecule has 4 rings (SSSR count). The van der Waals surface area contributed by atoms with E-state index in [1.165, 1.54) is 0 Å². The Hall–Kier alpha value is -2.89. The standard InChI is InChI=1S/C18H19N5O/c24-18(17-14-8-4-9-15(14)21-22-17)20-16(12-23-11-5-10-19-23)13-6-2-1-3-7-13/h1-3,5-7,10-11,16H,4,8-9,12H2,(H,20,24)(H,21,22)/t16-/m0/s1. The Kier molecular flexibility index (Phi) is 3.86. The number of aromatic nitrogens is 4. The Balaban J connectivity index is 1.58. The van der Waals surface area contributed by atoms with Crippen LogP contribution in [0.3, 0.4) is 0 Å². The highest BCUT2D eigenvalue weighted by Crippen LogP contribution is 2.23. The quantitative estimate of drug-likeness (QED) is 0.757. The van der Waals surface area contributed by atoms with E-state index in [-0.39, 0.29) is 11.9 Å². The van der Waals surface area contributed by atoms with Gasteiger partial charge < -0.3 is 5.32 Å². The smallest absolute Gasteiger partial charge is 0.272 e. The second kappa shape index (κ2) is 6.31. The molecule has 0 aliphatic heterocycles. The molecule has 0 saturated heterocycles. The van der Waals surface area contributed by atoms with Crippen molar-refractivity contribution < 1.29 is 4.79 Å². The maximum absolute atomic E-state index is 12.8. The highest BCUT2D eigenvalue weighted by molar-refractivity contribution is 5.94. The lowest BCUT2D eigenvalue weighted by atomic mass is 10.1. The highest BCUT2D eigenvalue weighted by atomic mass is 16.2. The van der Waals surface area contributed by atoms with Crippen molar-refractivity contribution in [2.75, 3.05) is 0 Å². The van der Waals surface area contributed by atoms with Gasteiger partial charge in [-0.25, -0.2) is 0 Å². The molecule has 1 amide bonds. The van der Waals surface area contributed by atoms with Crippen molar-refractivity contribution in [2.45, 2.75) is 31.8 Å². The van der Waals surface area contributed by atoms with Crippen molar-refractivity contribution in [3.63, 3.8) is 0 Å². The summed E-state index contributed by atoms with van der Waals surface area (Å²) < 4.78 is 1.83. The summed E-state index contributed by atoms with van der Waals surface area (Å²) in [7, 11) is 0. The summed E-state index contributed by atoms with van der Waals surface area (Å²) >= 11 is 0. The number of aromatic amines is 1. The van der Waals surface area contributed by atoms with Gasteiger partial charge in [0.1, 0.15) is 0 Å². The Labute approximate surface area is 139 Å². The average Bonchev–Trinajstić information content (AvgIpc) is 3.33. The minimum atomic E-state index is -0.160. The van der Waals surface area contributed by atoms with Gasteiger partial charge in [0.25, 0.3) is 5.91 Å². The molecule has 122 valence electrons. The zero-order chi connectivity index (χ0) is 16.4. The fraction of sp³-hybridized carbons (Fsp3) is 0.278. The van der Waals surface area contributed by atoms with Gasteiger partial charge in [-0.05, 0) is 30.9 Å². The number of rotatable bonds is 5. The van der Waals surface area contributed by atoms with Crippen LogP contribution in [-0.4, -0.2) is 25.9 Å². The predicted molar refractivity (Wildman–Crippen MR) is 89.5 cm³/mol. The van der Waals surface area contributed by atoms with Gasteiger partial charge in [-0.2, -0.15) is 10.2 Å². The Morgan fingerprint density at radius 3 is 2.92 bits per heavy atom. The largest absolute Gasteiger partial charge is 0.342 e. The molecule has 0 spiro atoms. The minimum absolute atomic E-state index is 0.129. The van der Waals surface area contributed by atoms with E-state index in [1.54, 1.807) is 6.20 Å². The third-order valence-corrected chi connectivity index (χ3v) is 4.46. The topological polar surface area (TPSA) is 75.6 Å². The molecule has 0 bridgehead atoms. The third-order valence-electron chi connectivity index (χ3n) is 4.46. The number of amides is 1. The van der Waals surface area contributed by atoms with Gasteiger partial charge in [0.15, 0.2) is 5.69 Å². The van der Waals surface area contributed by atoms with Crippen molar-refractivity contribution >= 4 is 5.91 Å². The monoisotopic (exact) mass is 321 g/mol. The molecule has 0 radical (unpaired) electrons. The van der Waals surface area contributed by atoms with E-state index < -0.39 is 0 Å². The number of nitrogens with zero attached hydrogens (tertiary/aromatic N) is 3. The number of carbonyl (C=O) groups excluding carboxylic acids is 1. The SMILES string of the molecule is O=C(N[C@@H](Cn1cccn1)c1ccccc1)c1n[nH]c2c1CCC2. The van der Waals surface area contributed by atoms with Crippen LogP contribution < -0.4 is 5.32 Å². The molecule has 0 unspecified atom stereocenters. The highest BCUT2D eigenvalue weighted by Gasteiger charge is 2.25. The Morgan fingerprint density at radius 2 is 2.12 bits per heavy atom. The Bertz CT molecular complexity index is 822. The molecule has 24 heavy (non-hydrogen) atoms. The van der Waals surface area contributed by atoms with Crippen LogP contribution in [0.5, 0.6) is 0 Å². The van der Waals surface area contributed by atoms with Crippen LogP contribution in [0, 0.1) is 0 Å².